The molecule has 0 aliphatic carbocycles. The van der Waals surface area contributed by atoms with Crippen LogP contribution in [0.25, 0.3) is 10.9 Å². The van der Waals surface area contributed by atoms with Crippen molar-refractivity contribution in [3.8, 4) is 5.75 Å². The van der Waals surface area contributed by atoms with Gasteiger partial charge in [-0.25, -0.2) is 0 Å². The molecule has 0 bridgehead atoms. The number of alkyl halides is 3. The molecule has 0 saturated heterocycles. The van der Waals surface area contributed by atoms with Crippen molar-refractivity contribution in [3.05, 3.63) is 60.3 Å². The molecular weight excluding hydrogens is 333 g/mol. The Kier molecular flexibility index (Phi) is 4.39. The number of benzene rings is 2. The normalized spacial score (nSPS) is 11.5. The number of methoxy groups -OCH3 is 1. The second kappa shape index (κ2) is 6.51. The Balaban J connectivity index is 1.75. The van der Waals surface area contributed by atoms with Gasteiger partial charge in [0.25, 0.3) is 0 Å². The quantitative estimate of drug-likeness (QED) is 0.764. The first-order valence-electron chi connectivity index (χ1n) is 7.47. The topological polar surface area (TPSA) is 43.3 Å². The fraction of sp³-hybridized carbons (Fsp3) is 0.167. The number of nitrogens with zero attached hydrogens (tertiary/aromatic N) is 1. The van der Waals surface area contributed by atoms with E-state index in [0.29, 0.717) is 5.75 Å². The van der Waals surface area contributed by atoms with Crippen molar-refractivity contribution in [2.24, 2.45) is 0 Å². The Hall–Kier alpha value is -2.96. The summed E-state index contributed by atoms with van der Waals surface area (Å²) in [5, 5.41) is 3.40. The number of ether oxygens (including phenoxy) is 1. The molecule has 130 valence electrons. The number of halogens is 3. The van der Waals surface area contributed by atoms with Gasteiger partial charge in [-0.15, -0.1) is 0 Å². The number of anilines is 1. The minimum absolute atomic E-state index is 0.00786. The van der Waals surface area contributed by atoms with E-state index in [1.807, 2.05) is 18.2 Å². The van der Waals surface area contributed by atoms with Gasteiger partial charge in [-0.3, -0.25) is 4.79 Å². The van der Waals surface area contributed by atoms with Crippen molar-refractivity contribution in [2.75, 3.05) is 12.4 Å². The third kappa shape index (κ3) is 3.76. The van der Waals surface area contributed by atoms with E-state index in [2.05, 4.69) is 5.32 Å². The average Bonchev–Trinajstić information content (AvgIpc) is 2.96. The lowest BCUT2D eigenvalue weighted by molar-refractivity contribution is -0.137. The van der Waals surface area contributed by atoms with E-state index in [1.165, 1.54) is 12.1 Å². The van der Waals surface area contributed by atoms with Gasteiger partial charge < -0.3 is 14.6 Å². The van der Waals surface area contributed by atoms with E-state index in [0.717, 1.165) is 23.0 Å². The summed E-state index contributed by atoms with van der Waals surface area (Å²) in [5.74, 6) is 0.298. The zero-order valence-electron chi connectivity index (χ0n) is 13.3. The SMILES string of the molecule is COc1ccc2c(ccn2CC(=O)Nc2cccc(C(F)(F)F)c2)c1. The highest BCUT2D eigenvalue weighted by molar-refractivity contribution is 5.92. The molecule has 0 saturated carbocycles. The minimum Gasteiger partial charge on any atom is -0.497 e. The van der Waals surface area contributed by atoms with Gasteiger partial charge in [-0.2, -0.15) is 13.2 Å². The number of amides is 1. The van der Waals surface area contributed by atoms with Crippen LogP contribution in [0.5, 0.6) is 5.75 Å². The molecule has 0 atom stereocenters. The highest BCUT2D eigenvalue weighted by Gasteiger charge is 2.30. The Labute approximate surface area is 141 Å². The van der Waals surface area contributed by atoms with E-state index >= 15 is 0 Å². The molecular formula is C18H15F3N2O2. The smallest absolute Gasteiger partial charge is 0.416 e. The lowest BCUT2D eigenvalue weighted by Gasteiger charge is -2.11. The number of fused-ring (bicyclic) bond motifs is 1. The van der Waals surface area contributed by atoms with Gasteiger partial charge in [0, 0.05) is 22.8 Å². The van der Waals surface area contributed by atoms with Crippen LogP contribution in [0.1, 0.15) is 5.56 Å². The van der Waals surface area contributed by atoms with Gasteiger partial charge in [0.15, 0.2) is 0 Å². The Morgan fingerprint density at radius 2 is 1.96 bits per heavy atom. The summed E-state index contributed by atoms with van der Waals surface area (Å²) < 4.78 is 45.0. The van der Waals surface area contributed by atoms with Crippen molar-refractivity contribution in [2.45, 2.75) is 12.7 Å². The standard InChI is InChI=1S/C18H15F3N2O2/c1-25-15-5-6-16-12(9-15)7-8-23(16)11-17(24)22-14-4-2-3-13(10-14)18(19,20)21/h2-10H,11H2,1H3,(H,22,24). The van der Waals surface area contributed by atoms with Crippen molar-refractivity contribution in [1.29, 1.82) is 0 Å². The van der Waals surface area contributed by atoms with Gasteiger partial charge >= 0.3 is 6.18 Å². The minimum atomic E-state index is -4.45. The fourth-order valence-electron chi connectivity index (χ4n) is 2.57. The Bertz CT molecular complexity index is 916. The number of hydrogen-bond donors (Lipinski definition) is 1. The number of aromatic nitrogens is 1. The molecule has 25 heavy (non-hydrogen) atoms. The summed E-state index contributed by atoms with van der Waals surface area (Å²) in [6.45, 7) is -0.00786. The molecule has 1 amide bonds. The second-order valence-corrected chi connectivity index (χ2v) is 5.50. The molecule has 0 spiro atoms. The first-order chi connectivity index (χ1) is 11.9. The van der Waals surface area contributed by atoms with Gasteiger partial charge in [-0.1, -0.05) is 6.07 Å². The maximum Gasteiger partial charge on any atom is 0.416 e. The maximum absolute atomic E-state index is 12.7. The monoisotopic (exact) mass is 348 g/mol. The maximum atomic E-state index is 12.7. The van der Waals surface area contributed by atoms with Crippen LogP contribution in [0.3, 0.4) is 0 Å². The summed E-state index contributed by atoms with van der Waals surface area (Å²) in [6, 6.07) is 11.8. The van der Waals surface area contributed by atoms with Crippen LogP contribution in [0.4, 0.5) is 18.9 Å². The third-order valence-electron chi connectivity index (χ3n) is 3.77. The van der Waals surface area contributed by atoms with Crippen LogP contribution < -0.4 is 10.1 Å². The van der Waals surface area contributed by atoms with E-state index < -0.39 is 17.6 Å². The number of hydrogen-bond acceptors (Lipinski definition) is 2. The molecule has 1 N–H and O–H groups in total. The highest BCUT2D eigenvalue weighted by atomic mass is 19.4. The van der Waals surface area contributed by atoms with Gasteiger partial charge in [0.1, 0.15) is 12.3 Å². The van der Waals surface area contributed by atoms with Crippen molar-refractivity contribution in [1.82, 2.24) is 4.57 Å². The predicted molar refractivity (Wildman–Crippen MR) is 88.6 cm³/mol. The molecule has 3 rings (SSSR count). The fourth-order valence-corrected chi connectivity index (χ4v) is 2.57. The molecule has 0 radical (unpaired) electrons. The molecule has 0 fully saturated rings. The van der Waals surface area contributed by atoms with Crippen molar-refractivity contribution in [3.63, 3.8) is 0 Å². The molecule has 1 aromatic heterocycles. The summed E-state index contributed by atoms with van der Waals surface area (Å²) in [5.41, 5.74) is 0.141. The second-order valence-electron chi connectivity index (χ2n) is 5.50. The summed E-state index contributed by atoms with van der Waals surface area (Å²) in [6.07, 6.45) is -2.70. The Morgan fingerprint density at radius 1 is 1.16 bits per heavy atom. The van der Waals surface area contributed by atoms with Crippen LogP contribution in [0, 0.1) is 0 Å². The molecule has 3 aromatic rings. The first-order valence-corrected chi connectivity index (χ1v) is 7.47. The number of rotatable bonds is 4. The molecule has 7 heteroatoms. The summed E-state index contributed by atoms with van der Waals surface area (Å²) in [4.78, 5) is 12.2. The molecule has 0 aliphatic rings. The van der Waals surface area contributed by atoms with Crippen LogP contribution in [-0.4, -0.2) is 17.6 Å². The van der Waals surface area contributed by atoms with E-state index in [4.69, 9.17) is 4.74 Å². The largest absolute Gasteiger partial charge is 0.497 e. The summed E-state index contributed by atoms with van der Waals surface area (Å²) in [7, 11) is 1.57. The van der Waals surface area contributed by atoms with Crippen LogP contribution in [-0.2, 0) is 17.5 Å². The summed E-state index contributed by atoms with van der Waals surface area (Å²) >= 11 is 0. The van der Waals surface area contributed by atoms with E-state index in [9.17, 15) is 18.0 Å². The lowest BCUT2D eigenvalue weighted by Crippen LogP contribution is -2.18. The molecule has 0 aliphatic heterocycles. The van der Waals surface area contributed by atoms with Gasteiger partial charge in [0.05, 0.1) is 12.7 Å². The molecule has 4 nitrogen and oxygen atoms in total. The Morgan fingerprint density at radius 3 is 2.68 bits per heavy atom. The van der Waals surface area contributed by atoms with Gasteiger partial charge in [0.2, 0.25) is 5.91 Å². The number of carbonyl (C=O) groups excluding carboxylic acids is 1. The van der Waals surface area contributed by atoms with Crippen LogP contribution >= 0.6 is 0 Å². The average molecular weight is 348 g/mol. The predicted octanol–water partition coefficient (Wildman–Crippen LogP) is 4.31. The zero-order valence-corrected chi connectivity index (χ0v) is 13.3. The van der Waals surface area contributed by atoms with E-state index in [1.54, 1.807) is 23.9 Å². The van der Waals surface area contributed by atoms with Crippen molar-refractivity contribution >= 4 is 22.5 Å². The van der Waals surface area contributed by atoms with Crippen LogP contribution in [0.2, 0.25) is 0 Å². The van der Waals surface area contributed by atoms with Crippen LogP contribution in [0.15, 0.2) is 54.7 Å². The third-order valence-corrected chi connectivity index (χ3v) is 3.77. The highest BCUT2D eigenvalue weighted by Crippen LogP contribution is 2.30. The van der Waals surface area contributed by atoms with Gasteiger partial charge in [-0.05, 0) is 42.5 Å². The molecule has 2 aromatic carbocycles. The number of nitrogens with one attached hydrogen (secondary N) is 1. The van der Waals surface area contributed by atoms with Crippen molar-refractivity contribution < 1.29 is 22.7 Å². The molecule has 0 unspecified atom stereocenters. The number of carbonyl (C=O) groups is 1. The lowest BCUT2D eigenvalue weighted by atomic mass is 10.2. The van der Waals surface area contributed by atoms with E-state index in [-0.39, 0.29) is 12.2 Å². The first kappa shape index (κ1) is 16.9. The molecule has 1 heterocycles. The zero-order chi connectivity index (χ0) is 18.0.